The predicted octanol–water partition coefficient (Wildman–Crippen LogP) is 2.03. The Morgan fingerprint density at radius 1 is 1.10 bits per heavy atom. The number of nitrogens with one attached hydrogen (secondary N) is 1. The van der Waals surface area contributed by atoms with E-state index in [9.17, 15) is 9.59 Å². The predicted molar refractivity (Wildman–Crippen MR) is 73.1 cm³/mol. The Balaban J connectivity index is 2.16. The van der Waals surface area contributed by atoms with E-state index in [0.29, 0.717) is 5.56 Å². The highest BCUT2D eigenvalue weighted by molar-refractivity contribution is 5.94. The molecule has 1 heterocycles. The second-order valence-corrected chi connectivity index (χ2v) is 4.27. The van der Waals surface area contributed by atoms with Gasteiger partial charge >= 0.3 is 5.97 Å². The molecule has 1 aromatic carbocycles. The van der Waals surface area contributed by atoms with Gasteiger partial charge in [-0.1, -0.05) is 30.3 Å². The van der Waals surface area contributed by atoms with E-state index >= 15 is 0 Å². The summed E-state index contributed by atoms with van der Waals surface area (Å²) in [6.45, 7) is 0. The highest BCUT2D eigenvalue weighted by Crippen LogP contribution is 2.17. The van der Waals surface area contributed by atoms with Crippen molar-refractivity contribution in [1.82, 2.24) is 10.3 Å². The topological polar surface area (TPSA) is 79.3 Å². The van der Waals surface area contributed by atoms with Gasteiger partial charge in [-0.25, -0.2) is 0 Å². The van der Waals surface area contributed by atoms with Gasteiger partial charge < -0.3 is 10.4 Å². The number of carbonyl (C=O) groups excluding carboxylic acids is 1. The first-order valence-electron chi connectivity index (χ1n) is 6.14. The van der Waals surface area contributed by atoms with Gasteiger partial charge in [0, 0.05) is 18.0 Å². The minimum atomic E-state index is -0.964. The molecule has 5 heteroatoms. The van der Waals surface area contributed by atoms with Crippen LogP contribution in [0.4, 0.5) is 0 Å². The summed E-state index contributed by atoms with van der Waals surface area (Å²) in [5, 5.41) is 11.7. The molecule has 5 nitrogen and oxygen atoms in total. The molecule has 2 N–H and O–H groups in total. The first-order chi connectivity index (χ1) is 9.66. The van der Waals surface area contributed by atoms with E-state index in [0.717, 1.165) is 5.56 Å². The summed E-state index contributed by atoms with van der Waals surface area (Å²) in [6, 6.07) is 11.6. The highest BCUT2D eigenvalue weighted by Gasteiger charge is 2.18. The number of hydrogen-bond acceptors (Lipinski definition) is 3. The van der Waals surface area contributed by atoms with E-state index in [1.54, 1.807) is 24.3 Å². The van der Waals surface area contributed by atoms with Gasteiger partial charge in [-0.2, -0.15) is 0 Å². The van der Waals surface area contributed by atoms with Crippen LogP contribution in [-0.2, 0) is 4.79 Å². The third-order valence-electron chi connectivity index (χ3n) is 2.83. The monoisotopic (exact) mass is 270 g/mol. The Kier molecular flexibility index (Phi) is 4.44. The van der Waals surface area contributed by atoms with E-state index < -0.39 is 12.0 Å². The summed E-state index contributed by atoms with van der Waals surface area (Å²) in [7, 11) is 0. The van der Waals surface area contributed by atoms with Crippen LogP contribution in [0.5, 0.6) is 0 Å². The number of carboxylic acids is 1. The molecule has 20 heavy (non-hydrogen) atoms. The second kappa shape index (κ2) is 6.47. The molecule has 0 aliphatic heterocycles. The van der Waals surface area contributed by atoms with Crippen molar-refractivity contribution in [2.75, 3.05) is 0 Å². The van der Waals surface area contributed by atoms with Crippen LogP contribution in [0.2, 0.25) is 0 Å². The van der Waals surface area contributed by atoms with Crippen LogP contribution in [0.3, 0.4) is 0 Å². The fourth-order valence-corrected chi connectivity index (χ4v) is 1.86. The van der Waals surface area contributed by atoms with Gasteiger partial charge in [-0.3, -0.25) is 14.6 Å². The number of rotatable bonds is 5. The molecular formula is C15H14N2O3. The molecule has 0 saturated carbocycles. The lowest BCUT2D eigenvalue weighted by molar-refractivity contribution is -0.137. The molecule has 0 bridgehead atoms. The van der Waals surface area contributed by atoms with Crippen molar-refractivity contribution in [2.24, 2.45) is 0 Å². The van der Waals surface area contributed by atoms with Crippen molar-refractivity contribution >= 4 is 11.9 Å². The average molecular weight is 270 g/mol. The fourth-order valence-electron chi connectivity index (χ4n) is 1.86. The van der Waals surface area contributed by atoms with Crippen molar-refractivity contribution in [2.45, 2.75) is 12.5 Å². The number of nitrogens with zero attached hydrogens (tertiary/aromatic N) is 1. The van der Waals surface area contributed by atoms with Crippen molar-refractivity contribution in [3.8, 4) is 0 Å². The van der Waals surface area contributed by atoms with Gasteiger partial charge in [-0.15, -0.1) is 0 Å². The molecule has 1 amide bonds. The van der Waals surface area contributed by atoms with Crippen molar-refractivity contribution in [3.05, 3.63) is 66.0 Å². The maximum absolute atomic E-state index is 12.1. The van der Waals surface area contributed by atoms with Crippen molar-refractivity contribution in [3.63, 3.8) is 0 Å². The fraction of sp³-hybridized carbons (Fsp3) is 0.133. The first kappa shape index (κ1) is 13.7. The quantitative estimate of drug-likeness (QED) is 0.871. The maximum atomic E-state index is 12.1. The molecule has 0 spiro atoms. The van der Waals surface area contributed by atoms with Crippen LogP contribution in [0.15, 0.2) is 54.9 Å². The zero-order valence-corrected chi connectivity index (χ0v) is 10.7. The number of hydrogen-bond donors (Lipinski definition) is 2. The molecule has 1 aromatic heterocycles. The first-order valence-corrected chi connectivity index (χ1v) is 6.14. The molecular weight excluding hydrogens is 256 g/mol. The number of carbonyl (C=O) groups is 2. The van der Waals surface area contributed by atoms with Gasteiger partial charge in [0.05, 0.1) is 12.5 Å². The molecule has 0 aliphatic carbocycles. The Labute approximate surface area is 116 Å². The normalized spacial score (nSPS) is 11.6. The van der Waals surface area contributed by atoms with E-state index in [4.69, 9.17) is 5.11 Å². The maximum Gasteiger partial charge on any atom is 0.305 e. The summed E-state index contributed by atoms with van der Waals surface area (Å²) < 4.78 is 0. The number of aromatic nitrogens is 1. The zero-order valence-electron chi connectivity index (χ0n) is 10.7. The van der Waals surface area contributed by atoms with E-state index in [1.807, 2.05) is 18.2 Å². The molecule has 0 unspecified atom stereocenters. The highest BCUT2D eigenvalue weighted by atomic mass is 16.4. The van der Waals surface area contributed by atoms with Crippen LogP contribution >= 0.6 is 0 Å². The van der Waals surface area contributed by atoms with Gasteiger partial charge in [0.1, 0.15) is 0 Å². The molecule has 102 valence electrons. The third kappa shape index (κ3) is 3.65. The van der Waals surface area contributed by atoms with Crippen LogP contribution in [0.25, 0.3) is 0 Å². The van der Waals surface area contributed by atoms with Crippen molar-refractivity contribution in [1.29, 1.82) is 0 Å². The van der Waals surface area contributed by atoms with Gasteiger partial charge in [0.25, 0.3) is 5.91 Å². The average Bonchev–Trinajstić information content (AvgIpc) is 2.48. The van der Waals surface area contributed by atoms with E-state index in [2.05, 4.69) is 10.3 Å². The number of amides is 1. The Bertz CT molecular complexity index is 585. The standard InChI is InChI=1S/C15H14N2O3/c18-14(19)10-13(11-4-2-1-3-5-11)17-15(20)12-6-8-16-9-7-12/h1-9,13H,10H2,(H,17,20)(H,18,19)/t13-/m0/s1. The molecule has 0 fully saturated rings. The van der Waals surface area contributed by atoms with Crippen molar-refractivity contribution < 1.29 is 14.7 Å². The Hall–Kier alpha value is -2.69. The number of carboxylic acid groups (broad SMARTS) is 1. The number of benzene rings is 1. The van der Waals surface area contributed by atoms with Crippen LogP contribution < -0.4 is 5.32 Å². The molecule has 2 aromatic rings. The number of pyridine rings is 1. The van der Waals surface area contributed by atoms with Gasteiger partial charge in [0.15, 0.2) is 0 Å². The van der Waals surface area contributed by atoms with Gasteiger partial charge in [-0.05, 0) is 17.7 Å². The lowest BCUT2D eigenvalue weighted by Gasteiger charge is -2.17. The molecule has 2 rings (SSSR count). The number of aliphatic carboxylic acids is 1. The second-order valence-electron chi connectivity index (χ2n) is 4.27. The lowest BCUT2D eigenvalue weighted by atomic mass is 10.0. The largest absolute Gasteiger partial charge is 0.481 e. The van der Waals surface area contributed by atoms with Crippen LogP contribution in [-0.4, -0.2) is 22.0 Å². The minimum absolute atomic E-state index is 0.166. The van der Waals surface area contributed by atoms with Crippen LogP contribution in [0.1, 0.15) is 28.4 Å². The Morgan fingerprint density at radius 3 is 2.35 bits per heavy atom. The summed E-state index contributed by atoms with van der Waals surface area (Å²) >= 11 is 0. The summed E-state index contributed by atoms with van der Waals surface area (Å²) in [5.74, 6) is -1.28. The molecule has 0 aliphatic rings. The van der Waals surface area contributed by atoms with E-state index in [1.165, 1.54) is 12.4 Å². The lowest BCUT2D eigenvalue weighted by Crippen LogP contribution is -2.30. The smallest absolute Gasteiger partial charge is 0.305 e. The molecule has 0 saturated heterocycles. The SMILES string of the molecule is O=C(O)C[C@H](NC(=O)c1ccncc1)c1ccccc1. The summed E-state index contributed by atoms with van der Waals surface area (Å²) in [4.78, 5) is 26.9. The third-order valence-corrected chi connectivity index (χ3v) is 2.83. The van der Waals surface area contributed by atoms with Gasteiger partial charge in [0.2, 0.25) is 0 Å². The van der Waals surface area contributed by atoms with E-state index in [-0.39, 0.29) is 12.3 Å². The molecule has 1 atom stereocenters. The zero-order chi connectivity index (χ0) is 14.4. The molecule has 0 radical (unpaired) electrons. The Morgan fingerprint density at radius 2 is 1.75 bits per heavy atom. The van der Waals surface area contributed by atoms with Crippen LogP contribution in [0, 0.1) is 0 Å². The summed E-state index contributed by atoms with van der Waals surface area (Å²) in [6.07, 6.45) is 2.87. The summed E-state index contributed by atoms with van der Waals surface area (Å²) in [5.41, 5.74) is 1.21. The minimum Gasteiger partial charge on any atom is -0.481 e.